The number of nitrogens with one attached hydrogen (secondary N) is 2. The molecule has 1 unspecified atom stereocenters. The van der Waals surface area contributed by atoms with Gasteiger partial charge in [-0.2, -0.15) is 0 Å². The van der Waals surface area contributed by atoms with Crippen LogP contribution in [-0.4, -0.2) is 47.2 Å². The molecule has 10 heteroatoms. The maximum Gasteiger partial charge on any atom is 0.231 e. The molecular formula is C20H23N5O4S. The van der Waals surface area contributed by atoms with Crippen molar-refractivity contribution in [3.8, 4) is 0 Å². The van der Waals surface area contributed by atoms with E-state index in [-0.39, 0.29) is 12.6 Å². The summed E-state index contributed by atoms with van der Waals surface area (Å²) in [5.41, 5.74) is 3.40. The normalized spacial score (nSPS) is 26.7. The first-order valence-electron chi connectivity index (χ1n) is 9.94. The van der Waals surface area contributed by atoms with Gasteiger partial charge in [0.2, 0.25) is 11.3 Å². The molecule has 1 aliphatic heterocycles. The number of nitrogens with zero attached hydrogens (tertiary/aromatic N) is 3. The Balaban J connectivity index is 1.38. The molecule has 1 aliphatic carbocycles. The van der Waals surface area contributed by atoms with Crippen LogP contribution in [0.25, 0.3) is 11.0 Å². The van der Waals surface area contributed by atoms with Crippen molar-refractivity contribution in [1.29, 1.82) is 0 Å². The van der Waals surface area contributed by atoms with Gasteiger partial charge in [0, 0.05) is 19.2 Å². The van der Waals surface area contributed by atoms with E-state index in [0.717, 1.165) is 29.7 Å². The van der Waals surface area contributed by atoms with Crippen LogP contribution in [0.3, 0.4) is 0 Å². The second-order valence-corrected chi connectivity index (χ2v) is 8.43. The zero-order valence-electron chi connectivity index (χ0n) is 16.1. The summed E-state index contributed by atoms with van der Waals surface area (Å²) in [4.78, 5) is 8.90. The zero-order valence-corrected chi connectivity index (χ0v) is 17.0. The SMILES string of the molecule is O=S(O)NC[C@@H]1O[C@@H](n2ccc3c(N[C@H]4CCc5ccccc54)ncnc32)C[C@@H]1O. The molecule has 3 heterocycles. The fourth-order valence-electron chi connectivity index (χ4n) is 4.41. The highest BCUT2D eigenvalue weighted by molar-refractivity contribution is 7.77. The van der Waals surface area contributed by atoms with E-state index >= 15 is 0 Å². The van der Waals surface area contributed by atoms with E-state index in [4.69, 9.17) is 9.29 Å². The Morgan fingerprint density at radius 3 is 3.00 bits per heavy atom. The third-order valence-electron chi connectivity index (χ3n) is 5.88. The van der Waals surface area contributed by atoms with Gasteiger partial charge in [0.05, 0.1) is 23.6 Å². The predicted octanol–water partition coefficient (Wildman–Crippen LogP) is 1.91. The average Bonchev–Trinajstić information content (AvgIpc) is 3.44. The minimum Gasteiger partial charge on any atom is -0.390 e. The van der Waals surface area contributed by atoms with Gasteiger partial charge < -0.3 is 19.7 Å². The van der Waals surface area contributed by atoms with Gasteiger partial charge in [-0.3, -0.25) is 4.55 Å². The molecule has 1 fully saturated rings. The van der Waals surface area contributed by atoms with E-state index in [2.05, 4.69) is 44.3 Å². The highest BCUT2D eigenvalue weighted by atomic mass is 32.2. The van der Waals surface area contributed by atoms with E-state index in [1.807, 2.05) is 16.8 Å². The largest absolute Gasteiger partial charge is 0.390 e. The fraction of sp³-hybridized carbons (Fsp3) is 0.400. The number of aryl methyl sites for hydroxylation is 1. The highest BCUT2D eigenvalue weighted by Crippen LogP contribution is 2.36. The summed E-state index contributed by atoms with van der Waals surface area (Å²) in [5.74, 6) is 0.771. The van der Waals surface area contributed by atoms with Gasteiger partial charge in [-0.05, 0) is 30.0 Å². The fourth-order valence-corrected chi connectivity index (χ4v) is 4.72. The summed E-state index contributed by atoms with van der Waals surface area (Å²) in [5, 5.41) is 14.7. The molecular weight excluding hydrogens is 406 g/mol. The average molecular weight is 430 g/mol. The monoisotopic (exact) mass is 429 g/mol. The number of hydrogen-bond acceptors (Lipinski definition) is 6. The second-order valence-electron chi connectivity index (χ2n) is 7.65. The van der Waals surface area contributed by atoms with Crippen molar-refractivity contribution in [3.63, 3.8) is 0 Å². The van der Waals surface area contributed by atoms with Crippen LogP contribution < -0.4 is 10.0 Å². The lowest BCUT2D eigenvalue weighted by Gasteiger charge is -2.17. The van der Waals surface area contributed by atoms with E-state index < -0.39 is 29.7 Å². The quantitative estimate of drug-likeness (QED) is 0.442. The molecule has 5 atom stereocenters. The van der Waals surface area contributed by atoms with Gasteiger partial charge >= 0.3 is 0 Å². The summed E-state index contributed by atoms with van der Waals surface area (Å²) >= 11 is -2.15. The molecule has 0 radical (unpaired) electrons. The lowest BCUT2D eigenvalue weighted by atomic mass is 10.1. The number of rotatable bonds is 6. The van der Waals surface area contributed by atoms with Gasteiger partial charge in [0.25, 0.3) is 0 Å². The van der Waals surface area contributed by atoms with Gasteiger partial charge in [-0.1, -0.05) is 24.3 Å². The maximum absolute atomic E-state index is 10.8. The van der Waals surface area contributed by atoms with E-state index in [0.29, 0.717) is 6.42 Å². The molecule has 0 amide bonds. The molecule has 0 spiro atoms. The molecule has 9 nitrogen and oxygen atoms in total. The van der Waals surface area contributed by atoms with Crippen molar-refractivity contribution >= 4 is 28.1 Å². The minimum absolute atomic E-state index is 0.0862. The van der Waals surface area contributed by atoms with Crippen molar-refractivity contribution in [3.05, 3.63) is 54.0 Å². The molecule has 3 aromatic rings. The Morgan fingerprint density at radius 2 is 2.13 bits per heavy atom. The maximum atomic E-state index is 10.8. The standard InChI is InChI=1S/C20H23N5O4S/c26-16-9-18(29-17(16)10-23-30(27)28)25-8-7-14-19(21-11-22-20(14)25)24-15-6-5-12-3-1-2-4-13(12)15/h1-4,7-8,11,15-18,23,26H,5-6,9-10H2,(H,27,28)(H,21,22,24)/t15-,16-,17-,18+/m0/s1. The number of hydrogen-bond donors (Lipinski definition) is 4. The molecule has 5 rings (SSSR count). The highest BCUT2D eigenvalue weighted by Gasteiger charge is 2.35. The summed E-state index contributed by atoms with van der Waals surface area (Å²) in [7, 11) is 0. The molecule has 2 aliphatic rings. The topological polar surface area (TPSA) is 122 Å². The van der Waals surface area contributed by atoms with Crippen molar-refractivity contribution in [1.82, 2.24) is 19.3 Å². The van der Waals surface area contributed by atoms with Crippen LogP contribution in [0.1, 0.15) is 36.2 Å². The molecule has 0 bridgehead atoms. The molecule has 0 saturated carbocycles. The summed E-state index contributed by atoms with van der Waals surface area (Å²) in [6.45, 7) is 0.0862. The van der Waals surface area contributed by atoms with Crippen LogP contribution >= 0.6 is 0 Å². The van der Waals surface area contributed by atoms with E-state index in [1.54, 1.807) is 0 Å². The second kappa shape index (κ2) is 8.05. The van der Waals surface area contributed by atoms with Crippen molar-refractivity contribution in [2.24, 2.45) is 0 Å². The number of ether oxygens (including phenoxy) is 1. The molecule has 1 aromatic carbocycles. The van der Waals surface area contributed by atoms with Crippen LogP contribution in [0.15, 0.2) is 42.9 Å². The van der Waals surface area contributed by atoms with Gasteiger partial charge in [0.1, 0.15) is 24.0 Å². The van der Waals surface area contributed by atoms with Crippen LogP contribution in [-0.2, 0) is 22.4 Å². The number of fused-ring (bicyclic) bond motifs is 2. The molecule has 158 valence electrons. The first-order valence-corrected chi connectivity index (χ1v) is 11.0. The Labute approximate surface area is 175 Å². The summed E-state index contributed by atoms with van der Waals surface area (Å²) in [6, 6.07) is 10.6. The van der Waals surface area contributed by atoms with Crippen LogP contribution in [0.2, 0.25) is 0 Å². The first-order chi connectivity index (χ1) is 14.6. The van der Waals surface area contributed by atoms with Crippen molar-refractivity contribution in [2.45, 2.75) is 43.7 Å². The minimum atomic E-state index is -2.15. The number of aromatic nitrogens is 3. The van der Waals surface area contributed by atoms with E-state index in [1.165, 1.54) is 17.5 Å². The molecule has 4 N–H and O–H groups in total. The Bertz CT molecular complexity index is 1090. The third-order valence-corrected chi connectivity index (χ3v) is 6.29. The lowest BCUT2D eigenvalue weighted by molar-refractivity contribution is -0.0130. The van der Waals surface area contributed by atoms with Crippen LogP contribution in [0.4, 0.5) is 5.82 Å². The lowest BCUT2D eigenvalue weighted by Crippen LogP contribution is -2.34. The zero-order chi connectivity index (χ0) is 20.7. The third kappa shape index (κ3) is 3.61. The number of aliphatic hydroxyl groups excluding tert-OH is 1. The summed E-state index contributed by atoms with van der Waals surface area (Å²) in [6.07, 6.45) is 4.13. The van der Waals surface area contributed by atoms with Gasteiger partial charge in [0.15, 0.2) is 0 Å². The van der Waals surface area contributed by atoms with E-state index in [9.17, 15) is 9.32 Å². The summed E-state index contributed by atoms with van der Waals surface area (Å²) < 4.78 is 29.9. The first kappa shape index (κ1) is 19.6. The van der Waals surface area contributed by atoms with Crippen molar-refractivity contribution < 1.29 is 18.6 Å². The number of aliphatic hydroxyl groups is 1. The number of benzene rings is 1. The molecule has 2 aromatic heterocycles. The van der Waals surface area contributed by atoms with Crippen molar-refractivity contribution in [2.75, 3.05) is 11.9 Å². The number of anilines is 1. The van der Waals surface area contributed by atoms with Gasteiger partial charge in [-0.25, -0.2) is 18.9 Å². The van der Waals surface area contributed by atoms with Crippen LogP contribution in [0.5, 0.6) is 0 Å². The molecule has 30 heavy (non-hydrogen) atoms. The predicted molar refractivity (Wildman–Crippen MR) is 112 cm³/mol. The Kier molecular flexibility index (Phi) is 5.25. The van der Waals surface area contributed by atoms with Crippen LogP contribution in [0, 0.1) is 0 Å². The smallest absolute Gasteiger partial charge is 0.231 e. The van der Waals surface area contributed by atoms with Gasteiger partial charge in [-0.15, -0.1) is 0 Å². The Hall–Kier alpha value is -2.37. The Morgan fingerprint density at radius 1 is 1.27 bits per heavy atom. The molecule has 1 saturated heterocycles.